The Balaban J connectivity index is 2.09. The van der Waals surface area contributed by atoms with Crippen LogP contribution in [0.4, 0.5) is 0 Å². The van der Waals surface area contributed by atoms with Gasteiger partial charge in [-0.1, -0.05) is 87.5 Å². The first-order chi connectivity index (χ1) is 14.7. The van der Waals surface area contributed by atoms with Crippen molar-refractivity contribution in [2.75, 3.05) is 13.2 Å². The Labute approximate surface area is 188 Å². The van der Waals surface area contributed by atoms with Gasteiger partial charge in [0, 0.05) is 5.92 Å². The first-order valence-electron chi connectivity index (χ1n) is 11.1. The van der Waals surface area contributed by atoms with Crippen LogP contribution < -0.4 is 10.4 Å². The highest BCUT2D eigenvalue weighted by molar-refractivity contribution is 6.99. The van der Waals surface area contributed by atoms with E-state index in [1.807, 2.05) is 26.8 Å². The summed E-state index contributed by atoms with van der Waals surface area (Å²) >= 11 is 0. The first-order valence-corrected chi connectivity index (χ1v) is 13.0. The molecule has 1 aliphatic heterocycles. The molecule has 0 spiro atoms. The van der Waals surface area contributed by atoms with Gasteiger partial charge in [0.2, 0.25) is 0 Å². The van der Waals surface area contributed by atoms with Crippen molar-refractivity contribution >= 4 is 18.7 Å². The molecule has 4 heteroatoms. The molecule has 0 unspecified atom stereocenters. The summed E-state index contributed by atoms with van der Waals surface area (Å²) in [5.41, 5.74) is 0. The van der Waals surface area contributed by atoms with E-state index < -0.39 is 14.1 Å². The summed E-state index contributed by atoms with van der Waals surface area (Å²) in [6.07, 6.45) is 6.28. The lowest BCUT2D eigenvalue weighted by atomic mass is 10.1. The van der Waals surface area contributed by atoms with E-state index in [0.717, 1.165) is 5.76 Å². The smallest absolute Gasteiger partial charge is 0.319 e. The van der Waals surface area contributed by atoms with Crippen LogP contribution in [-0.4, -0.2) is 27.3 Å². The Morgan fingerprint density at radius 2 is 1.42 bits per heavy atom. The van der Waals surface area contributed by atoms with E-state index in [-0.39, 0.29) is 11.0 Å². The fourth-order valence-electron chi connectivity index (χ4n) is 4.15. The average molecular weight is 437 g/mol. The second kappa shape index (κ2) is 9.56. The molecule has 1 fully saturated rings. The second-order valence-electron chi connectivity index (χ2n) is 9.62. The van der Waals surface area contributed by atoms with Crippen LogP contribution in [0.5, 0.6) is 0 Å². The van der Waals surface area contributed by atoms with Crippen LogP contribution in [0.15, 0.2) is 84.7 Å². The highest BCUT2D eigenvalue weighted by Gasteiger charge is 2.52. The van der Waals surface area contributed by atoms with E-state index in [4.69, 9.17) is 13.9 Å². The Kier molecular flexibility index (Phi) is 7.25. The first kappa shape index (κ1) is 23.5. The molecule has 0 aromatic heterocycles. The zero-order chi connectivity index (χ0) is 22.5. The van der Waals surface area contributed by atoms with E-state index in [2.05, 4.69) is 93.6 Å². The fourth-order valence-corrected chi connectivity index (χ4v) is 8.57. The molecule has 0 aliphatic carbocycles. The predicted octanol–water partition coefficient (Wildman–Crippen LogP) is 5.42. The van der Waals surface area contributed by atoms with Gasteiger partial charge in [-0.3, -0.25) is 0 Å². The van der Waals surface area contributed by atoms with Gasteiger partial charge >= 0.3 is 8.32 Å². The lowest BCUT2D eigenvalue weighted by Crippen LogP contribution is -2.66. The second-order valence-corrected chi connectivity index (χ2v) is 13.8. The van der Waals surface area contributed by atoms with Crippen molar-refractivity contribution in [1.82, 2.24) is 0 Å². The molecule has 31 heavy (non-hydrogen) atoms. The molecule has 3 rings (SSSR count). The minimum Gasteiger partial charge on any atom is -0.534 e. The van der Waals surface area contributed by atoms with E-state index >= 15 is 0 Å². The molecule has 0 bridgehead atoms. The standard InChI is InChI=1S/C27H36O3Si/c1-7-14-23(19-22-20-28-27(5,6)29-21-22)30-31(26(2,3)4,24-15-10-8-11-16-24)25-17-12-9-13-18-25/h7-19,22H,20-21H2,1-6H3/b14-7+,23-19-. The van der Waals surface area contributed by atoms with Crippen LogP contribution in [0.25, 0.3) is 0 Å². The molecule has 166 valence electrons. The van der Waals surface area contributed by atoms with Gasteiger partial charge in [0.05, 0.1) is 19.0 Å². The van der Waals surface area contributed by atoms with Crippen molar-refractivity contribution in [3.63, 3.8) is 0 Å². The maximum Gasteiger partial charge on any atom is 0.319 e. The topological polar surface area (TPSA) is 27.7 Å². The van der Waals surface area contributed by atoms with Crippen LogP contribution in [0.3, 0.4) is 0 Å². The van der Waals surface area contributed by atoms with Gasteiger partial charge in [0.25, 0.3) is 0 Å². The monoisotopic (exact) mass is 436 g/mol. The van der Waals surface area contributed by atoms with E-state index in [0.29, 0.717) is 13.2 Å². The van der Waals surface area contributed by atoms with Crippen molar-refractivity contribution in [1.29, 1.82) is 0 Å². The van der Waals surface area contributed by atoms with Gasteiger partial charge in [-0.25, -0.2) is 0 Å². The largest absolute Gasteiger partial charge is 0.534 e. The van der Waals surface area contributed by atoms with Crippen LogP contribution >= 0.6 is 0 Å². The molecular formula is C27H36O3Si. The lowest BCUT2D eigenvalue weighted by Gasteiger charge is -2.43. The van der Waals surface area contributed by atoms with E-state index in [1.165, 1.54) is 10.4 Å². The molecule has 3 nitrogen and oxygen atoms in total. The predicted molar refractivity (Wildman–Crippen MR) is 131 cm³/mol. The van der Waals surface area contributed by atoms with Crippen molar-refractivity contribution in [3.05, 3.63) is 84.7 Å². The van der Waals surface area contributed by atoms with Crippen LogP contribution in [0, 0.1) is 5.92 Å². The quantitative estimate of drug-likeness (QED) is 0.344. The Morgan fingerprint density at radius 3 is 1.84 bits per heavy atom. The van der Waals surface area contributed by atoms with Crippen LogP contribution in [0.2, 0.25) is 5.04 Å². The van der Waals surface area contributed by atoms with Gasteiger partial charge in [0.15, 0.2) is 5.79 Å². The molecule has 2 aromatic rings. The summed E-state index contributed by atoms with van der Waals surface area (Å²) in [5, 5.41) is 2.44. The summed E-state index contributed by atoms with van der Waals surface area (Å²) in [4.78, 5) is 0. The van der Waals surface area contributed by atoms with Crippen LogP contribution in [0.1, 0.15) is 41.5 Å². The third kappa shape index (κ3) is 5.38. The minimum atomic E-state index is -2.66. The summed E-state index contributed by atoms with van der Waals surface area (Å²) in [6, 6.07) is 21.4. The minimum absolute atomic E-state index is 0.0854. The van der Waals surface area contributed by atoms with Crippen molar-refractivity contribution < 1.29 is 13.9 Å². The van der Waals surface area contributed by atoms with Crippen molar-refractivity contribution in [2.24, 2.45) is 5.92 Å². The van der Waals surface area contributed by atoms with Gasteiger partial charge in [-0.2, -0.15) is 0 Å². The molecule has 0 atom stereocenters. The van der Waals surface area contributed by atoms with E-state index in [1.54, 1.807) is 0 Å². The Hall–Kier alpha value is -2.14. The normalized spacial score (nSPS) is 18.3. The number of allylic oxidation sites excluding steroid dienone is 2. The number of hydrogen-bond donors (Lipinski definition) is 0. The summed E-state index contributed by atoms with van der Waals surface area (Å²) in [5.74, 6) is 0.510. The third-order valence-corrected chi connectivity index (χ3v) is 10.7. The van der Waals surface area contributed by atoms with Gasteiger partial charge in [-0.15, -0.1) is 0 Å². The lowest BCUT2D eigenvalue weighted by molar-refractivity contribution is -0.256. The fraction of sp³-hybridized carbons (Fsp3) is 0.407. The molecule has 0 radical (unpaired) electrons. The van der Waals surface area contributed by atoms with Gasteiger partial charge in [0.1, 0.15) is 0 Å². The SMILES string of the molecule is C/C=C/C(=C/C1COC(C)(C)OC1)O[Si](c1ccccc1)(c1ccccc1)C(C)(C)C. The highest BCUT2D eigenvalue weighted by Crippen LogP contribution is 2.38. The maximum absolute atomic E-state index is 7.17. The number of ether oxygens (including phenoxy) is 2. The molecule has 0 saturated carbocycles. The number of benzene rings is 2. The molecule has 1 saturated heterocycles. The molecular weight excluding hydrogens is 400 g/mol. The summed E-state index contributed by atoms with van der Waals surface area (Å²) < 4.78 is 18.9. The zero-order valence-electron chi connectivity index (χ0n) is 19.7. The Bertz CT molecular complexity index is 846. The molecule has 2 aromatic carbocycles. The van der Waals surface area contributed by atoms with Crippen LogP contribution in [-0.2, 0) is 13.9 Å². The number of hydrogen-bond acceptors (Lipinski definition) is 3. The van der Waals surface area contributed by atoms with Crippen molar-refractivity contribution in [3.8, 4) is 0 Å². The van der Waals surface area contributed by atoms with Gasteiger partial charge < -0.3 is 13.9 Å². The third-order valence-electron chi connectivity index (χ3n) is 5.71. The molecule has 0 amide bonds. The molecule has 1 aliphatic rings. The Morgan fingerprint density at radius 1 is 0.935 bits per heavy atom. The van der Waals surface area contributed by atoms with Gasteiger partial charge in [-0.05, 0) is 48.3 Å². The summed E-state index contributed by atoms with van der Waals surface area (Å²) in [6.45, 7) is 14.1. The average Bonchev–Trinajstić information content (AvgIpc) is 2.74. The highest BCUT2D eigenvalue weighted by atomic mass is 28.4. The molecule has 1 heterocycles. The summed E-state index contributed by atoms with van der Waals surface area (Å²) in [7, 11) is -2.66. The number of rotatable bonds is 6. The maximum atomic E-state index is 7.17. The van der Waals surface area contributed by atoms with Crippen molar-refractivity contribution in [2.45, 2.75) is 52.4 Å². The molecule has 0 N–H and O–H groups in total. The zero-order valence-corrected chi connectivity index (χ0v) is 20.7. The van der Waals surface area contributed by atoms with E-state index in [9.17, 15) is 0 Å².